The molecule has 0 heterocycles. The van der Waals surface area contributed by atoms with Gasteiger partial charge in [0.2, 0.25) is 0 Å². The Balaban J connectivity index is 1.87. The van der Waals surface area contributed by atoms with Crippen molar-refractivity contribution in [1.29, 1.82) is 0 Å². The van der Waals surface area contributed by atoms with Gasteiger partial charge in [0.1, 0.15) is 0 Å². The number of benzene rings is 2. The molecule has 0 nitrogen and oxygen atoms in total. The van der Waals surface area contributed by atoms with E-state index in [1.807, 2.05) is 32.9 Å². The molecule has 134 valence electrons. The first-order chi connectivity index (χ1) is 11.8. The van der Waals surface area contributed by atoms with Crippen LogP contribution in [0.5, 0.6) is 0 Å². The minimum absolute atomic E-state index is 0.342. The van der Waals surface area contributed by atoms with E-state index in [1.54, 1.807) is 12.1 Å². The smallest absolute Gasteiger partial charge is 0.166 e. The molecule has 0 atom stereocenters. The minimum atomic E-state index is -0.744. The molecular weight excluding hydrogens is 314 g/mol. The Hall–Kier alpha value is -1.70. The number of hydrogen-bond acceptors (Lipinski definition) is 0. The van der Waals surface area contributed by atoms with Gasteiger partial charge in [0.05, 0.1) is 0 Å². The van der Waals surface area contributed by atoms with Crippen LogP contribution in [0.1, 0.15) is 70.4 Å². The van der Waals surface area contributed by atoms with Gasteiger partial charge in [-0.15, -0.1) is 0 Å². The molecule has 0 bridgehead atoms. The molecule has 2 heteroatoms. The predicted molar refractivity (Wildman–Crippen MR) is 101 cm³/mol. The molecule has 0 aromatic heterocycles. The summed E-state index contributed by atoms with van der Waals surface area (Å²) in [7, 11) is 0. The van der Waals surface area contributed by atoms with Crippen molar-refractivity contribution in [3.63, 3.8) is 0 Å². The average Bonchev–Trinajstić information content (AvgIpc) is 2.57. The van der Waals surface area contributed by atoms with Crippen LogP contribution in [-0.2, 0) is 5.41 Å². The van der Waals surface area contributed by atoms with E-state index in [4.69, 9.17) is 0 Å². The fraction of sp³-hybridized carbons (Fsp3) is 0.478. The van der Waals surface area contributed by atoms with Gasteiger partial charge in [-0.05, 0) is 46.8 Å². The lowest BCUT2D eigenvalue weighted by atomic mass is 9.79. The highest BCUT2D eigenvalue weighted by atomic mass is 19.2. The van der Waals surface area contributed by atoms with Gasteiger partial charge in [-0.25, -0.2) is 8.78 Å². The summed E-state index contributed by atoms with van der Waals surface area (Å²) in [5.74, 6) is -0.0361. The van der Waals surface area contributed by atoms with E-state index in [9.17, 15) is 8.78 Å². The maximum absolute atomic E-state index is 14.6. The maximum atomic E-state index is 14.6. The third-order valence-corrected chi connectivity index (χ3v) is 5.60. The molecular formula is C23H28F2. The lowest BCUT2D eigenvalue weighted by Crippen LogP contribution is -2.15. The summed E-state index contributed by atoms with van der Waals surface area (Å²) in [6.45, 7) is 8.00. The summed E-state index contributed by atoms with van der Waals surface area (Å²) in [5, 5.41) is 0. The summed E-state index contributed by atoms with van der Waals surface area (Å²) in [4.78, 5) is 0. The quantitative estimate of drug-likeness (QED) is 0.540. The molecule has 1 aliphatic carbocycles. The number of rotatable bonds is 2. The van der Waals surface area contributed by atoms with Crippen molar-refractivity contribution in [3.05, 3.63) is 59.2 Å². The minimum Gasteiger partial charge on any atom is -0.203 e. The molecule has 0 aliphatic heterocycles. The molecule has 1 fully saturated rings. The fourth-order valence-corrected chi connectivity index (χ4v) is 3.88. The van der Waals surface area contributed by atoms with E-state index >= 15 is 0 Å². The number of hydrogen-bond donors (Lipinski definition) is 0. The molecule has 25 heavy (non-hydrogen) atoms. The molecule has 1 aliphatic rings. The normalized spacial score (nSPS) is 21.4. The second-order valence-corrected chi connectivity index (χ2v) is 8.62. The molecule has 0 radical (unpaired) electrons. The third kappa shape index (κ3) is 3.78. The zero-order valence-corrected chi connectivity index (χ0v) is 15.7. The van der Waals surface area contributed by atoms with Crippen LogP contribution in [0.2, 0.25) is 0 Å². The van der Waals surface area contributed by atoms with E-state index in [-0.39, 0.29) is 0 Å². The number of halogens is 2. The first kappa shape index (κ1) is 18.1. The van der Waals surface area contributed by atoms with Gasteiger partial charge >= 0.3 is 0 Å². The predicted octanol–water partition coefficient (Wildman–Crippen LogP) is 7.22. The van der Waals surface area contributed by atoms with Crippen molar-refractivity contribution in [3.8, 4) is 11.1 Å². The molecule has 0 amide bonds. The molecule has 0 unspecified atom stereocenters. The topological polar surface area (TPSA) is 0 Å². The van der Waals surface area contributed by atoms with Crippen LogP contribution < -0.4 is 0 Å². The SMILES string of the molecule is CC1CCC(c2ccc(-c3ccc(C(C)(C)C)c(F)c3F)cc2)CC1. The standard InChI is InChI=1S/C23H28F2/c1-15-5-7-16(8-6-15)17-9-11-18(12-10-17)19-13-14-20(23(2,3)4)22(25)21(19)24/h9-16H,5-8H2,1-4H3. The summed E-state index contributed by atoms with van der Waals surface area (Å²) in [6, 6.07) is 11.5. The molecule has 2 aromatic rings. The Labute approximate surface area is 150 Å². The zero-order chi connectivity index (χ0) is 18.2. The molecule has 1 saturated carbocycles. The van der Waals surface area contributed by atoms with Crippen molar-refractivity contribution in [2.45, 2.75) is 64.7 Å². The van der Waals surface area contributed by atoms with Gasteiger partial charge in [0.25, 0.3) is 0 Å². The van der Waals surface area contributed by atoms with Crippen molar-refractivity contribution in [2.24, 2.45) is 5.92 Å². The average molecular weight is 342 g/mol. The van der Waals surface area contributed by atoms with Crippen molar-refractivity contribution in [2.75, 3.05) is 0 Å². The Kier molecular flexibility index (Phi) is 4.99. The van der Waals surface area contributed by atoms with E-state index in [1.165, 1.54) is 31.2 Å². The van der Waals surface area contributed by atoms with Crippen molar-refractivity contribution in [1.82, 2.24) is 0 Å². The van der Waals surface area contributed by atoms with E-state index in [0.29, 0.717) is 17.0 Å². The summed E-state index contributed by atoms with van der Waals surface area (Å²) >= 11 is 0. The third-order valence-electron chi connectivity index (χ3n) is 5.60. The van der Waals surface area contributed by atoms with Gasteiger partial charge in [-0.1, -0.05) is 76.9 Å². The second kappa shape index (κ2) is 6.90. The maximum Gasteiger partial charge on any atom is 0.166 e. The largest absolute Gasteiger partial charge is 0.203 e. The lowest BCUT2D eigenvalue weighted by molar-refractivity contribution is 0.348. The van der Waals surface area contributed by atoms with Crippen LogP contribution in [0.15, 0.2) is 36.4 Å². The van der Waals surface area contributed by atoms with Crippen LogP contribution in [0.4, 0.5) is 8.78 Å². The Morgan fingerprint density at radius 2 is 1.40 bits per heavy atom. The summed E-state index contributed by atoms with van der Waals surface area (Å²) in [6.07, 6.45) is 5.01. The highest BCUT2D eigenvalue weighted by Gasteiger charge is 2.24. The first-order valence-electron chi connectivity index (χ1n) is 9.36. The van der Waals surface area contributed by atoms with Gasteiger partial charge in [-0.2, -0.15) is 0 Å². The zero-order valence-electron chi connectivity index (χ0n) is 15.7. The second-order valence-electron chi connectivity index (χ2n) is 8.62. The van der Waals surface area contributed by atoms with Crippen LogP contribution >= 0.6 is 0 Å². The molecule has 2 aromatic carbocycles. The van der Waals surface area contributed by atoms with E-state index in [0.717, 1.165) is 11.5 Å². The Morgan fingerprint density at radius 1 is 0.800 bits per heavy atom. The summed E-state index contributed by atoms with van der Waals surface area (Å²) in [5.41, 5.74) is 2.41. The monoisotopic (exact) mass is 342 g/mol. The highest BCUT2D eigenvalue weighted by molar-refractivity contribution is 5.65. The highest BCUT2D eigenvalue weighted by Crippen LogP contribution is 2.37. The van der Waals surface area contributed by atoms with Crippen LogP contribution in [0.3, 0.4) is 0 Å². The van der Waals surface area contributed by atoms with E-state index in [2.05, 4.69) is 19.1 Å². The Morgan fingerprint density at radius 3 is 1.96 bits per heavy atom. The molecule has 3 rings (SSSR count). The van der Waals surface area contributed by atoms with Crippen LogP contribution in [-0.4, -0.2) is 0 Å². The molecule has 0 spiro atoms. The first-order valence-corrected chi connectivity index (χ1v) is 9.36. The van der Waals surface area contributed by atoms with Crippen molar-refractivity contribution < 1.29 is 8.78 Å². The van der Waals surface area contributed by atoms with Crippen LogP contribution in [0, 0.1) is 17.6 Å². The summed E-state index contributed by atoms with van der Waals surface area (Å²) < 4.78 is 29.1. The van der Waals surface area contributed by atoms with Gasteiger partial charge < -0.3 is 0 Å². The fourth-order valence-electron chi connectivity index (χ4n) is 3.88. The lowest BCUT2D eigenvalue weighted by Gasteiger charge is -2.26. The van der Waals surface area contributed by atoms with Gasteiger partial charge in [0.15, 0.2) is 11.6 Å². The molecule has 0 N–H and O–H groups in total. The Bertz CT molecular complexity index is 730. The van der Waals surface area contributed by atoms with Gasteiger partial charge in [-0.3, -0.25) is 0 Å². The van der Waals surface area contributed by atoms with E-state index < -0.39 is 17.0 Å². The molecule has 0 saturated heterocycles. The van der Waals surface area contributed by atoms with Crippen molar-refractivity contribution >= 4 is 0 Å². The van der Waals surface area contributed by atoms with Gasteiger partial charge in [0, 0.05) is 5.56 Å². The van der Waals surface area contributed by atoms with Crippen LogP contribution in [0.25, 0.3) is 11.1 Å².